The Kier molecular flexibility index (Phi) is 5.37. The van der Waals surface area contributed by atoms with Gasteiger partial charge in [0.15, 0.2) is 6.10 Å². The summed E-state index contributed by atoms with van der Waals surface area (Å²) in [5.41, 5.74) is 3.12. The highest BCUT2D eigenvalue weighted by atomic mass is 16.5. The summed E-state index contributed by atoms with van der Waals surface area (Å²) in [5, 5.41) is 2.96. The van der Waals surface area contributed by atoms with Crippen LogP contribution in [-0.4, -0.2) is 21.6 Å². The highest BCUT2D eigenvalue weighted by molar-refractivity contribution is 5.80. The second-order valence-electron chi connectivity index (χ2n) is 6.27. The van der Waals surface area contributed by atoms with Crippen molar-refractivity contribution in [3.05, 3.63) is 77.9 Å². The molecule has 0 aliphatic heterocycles. The van der Waals surface area contributed by atoms with E-state index in [2.05, 4.69) is 10.3 Å². The first kappa shape index (κ1) is 17.7. The normalized spacial score (nSPS) is 11.8. The number of carbonyl (C=O) groups is 1. The number of nitrogens with one attached hydrogen (secondary N) is 1. The summed E-state index contributed by atoms with van der Waals surface area (Å²) < 4.78 is 7.75. The van der Waals surface area contributed by atoms with Crippen molar-refractivity contribution in [2.24, 2.45) is 0 Å². The number of para-hydroxylation sites is 1. The molecule has 5 nitrogen and oxygen atoms in total. The summed E-state index contributed by atoms with van der Waals surface area (Å²) in [7, 11) is 0. The second kappa shape index (κ2) is 7.87. The number of carbonyl (C=O) groups excluding carboxylic acids is 1. The van der Waals surface area contributed by atoms with Gasteiger partial charge in [-0.1, -0.05) is 30.3 Å². The smallest absolute Gasteiger partial charge is 0.261 e. The standard InChI is InChI=1S/C21H23N3O2/c1-15-7-6-9-19(13-15)26-16(2)21(25)23-14-18-8-4-5-10-20(18)24-12-11-22-17(24)3/h4-13,16H,14H2,1-3H3,(H,23,25)/t16-/m1/s1. The Labute approximate surface area is 153 Å². The molecule has 1 N–H and O–H groups in total. The van der Waals surface area contributed by atoms with Gasteiger partial charge in [0.25, 0.3) is 5.91 Å². The summed E-state index contributed by atoms with van der Waals surface area (Å²) in [4.78, 5) is 16.7. The Bertz CT molecular complexity index is 902. The molecule has 1 amide bonds. The number of rotatable bonds is 6. The molecule has 1 aromatic heterocycles. The van der Waals surface area contributed by atoms with E-state index >= 15 is 0 Å². The van der Waals surface area contributed by atoms with Gasteiger partial charge in [0.2, 0.25) is 0 Å². The number of aryl methyl sites for hydroxylation is 2. The third-order valence-corrected chi connectivity index (χ3v) is 4.20. The molecule has 2 aromatic carbocycles. The molecule has 0 aliphatic rings. The molecule has 0 aliphatic carbocycles. The molecular formula is C21H23N3O2. The summed E-state index contributed by atoms with van der Waals surface area (Å²) in [6, 6.07) is 15.6. The zero-order chi connectivity index (χ0) is 18.5. The van der Waals surface area contributed by atoms with Crippen molar-refractivity contribution in [3.63, 3.8) is 0 Å². The zero-order valence-electron chi connectivity index (χ0n) is 15.3. The maximum atomic E-state index is 12.4. The Hall–Kier alpha value is -3.08. The Balaban J connectivity index is 1.66. The van der Waals surface area contributed by atoms with Crippen LogP contribution in [0.4, 0.5) is 0 Å². The summed E-state index contributed by atoms with van der Waals surface area (Å²) >= 11 is 0. The van der Waals surface area contributed by atoms with E-state index in [0.717, 1.165) is 22.6 Å². The summed E-state index contributed by atoms with van der Waals surface area (Å²) in [6.07, 6.45) is 3.11. The van der Waals surface area contributed by atoms with Gasteiger partial charge in [-0.05, 0) is 50.1 Å². The van der Waals surface area contributed by atoms with Crippen LogP contribution < -0.4 is 10.1 Å². The molecule has 134 valence electrons. The van der Waals surface area contributed by atoms with Gasteiger partial charge in [0, 0.05) is 18.9 Å². The lowest BCUT2D eigenvalue weighted by atomic mass is 10.1. The van der Waals surface area contributed by atoms with E-state index in [9.17, 15) is 4.79 Å². The third kappa shape index (κ3) is 4.11. The summed E-state index contributed by atoms with van der Waals surface area (Å²) in [6.45, 7) is 6.12. The van der Waals surface area contributed by atoms with Gasteiger partial charge in [0.1, 0.15) is 11.6 Å². The number of amides is 1. The topological polar surface area (TPSA) is 56.1 Å². The average molecular weight is 349 g/mol. The van der Waals surface area contributed by atoms with E-state index < -0.39 is 6.10 Å². The predicted octanol–water partition coefficient (Wildman–Crippen LogP) is 3.57. The SMILES string of the molecule is Cc1cccc(O[C@H](C)C(=O)NCc2ccccc2-n2ccnc2C)c1. The van der Waals surface area contributed by atoms with E-state index in [-0.39, 0.29) is 5.91 Å². The fourth-order valence-electron chi connectivity index (χ4n) is 2.80. The van der Waals surface area contributed by atoms with Crippen LogP contribution in [0.25, 0.3) is 5.69 Å². The number of imidazole rings is 1. The maximum absolute atomic E-state index is 12.4. The Morgan fingerprint density at radius 2 is 2.00 bits per heavy atom. The van der Waals surface area contributed by atoms with Crippen molar-refractivity contribution in [3.8, 4) is 11.4 Å². The van der Waals surface area contributed by atoms with Crippen LogP contribution in [0.5, 0.6) is 5.75 Å². The largest absolute Gasteiger partial charge is 0.481 e. The lowest BCUT2D eigenvalue weighted by Crippen LogP contribution is -2.36. The zero-order valence-corrected chi connectivity index (χ0v) is 15.3. The molecular weight excluding hydrogens is 326 g/mol. The number of hydrogen-bond acceptors (Lipinski definition) is 3. The van der Waals surface area contributed by atoms with Crippen molar-refractivity contribution >= 4 is 5.91 Å². The minimum atomic E-state index is -0.570. The molecule has 1 atom stereocenters. The molecule has 0 unspecified atom stereocenters. The monoisotopic (exact) mass is 349 g/mol. The van der Waals surface area contributed by atoms with Crippen molar-refractivity contribution in [1.82, 2.24) is 14.9 Å². The number of benzene rings is 2. The van der Waals surface area contributed by atoms with Crippen LogP contribution in [0.3, 0.4) is 0 Å². The lowest BCUT2D eigenvalue weighted by molar-refractivity contribution is -0.127. The van der Waals surface area contributed by atoms with Crippen LogP contribution >= 0.6 is 0 Å². The first-order chi connectivity index (χ1) is 12.5. The Morgan fingerprint density at radius 3 is 2.73 bits per heavy atom. The van der Waals surface area contributed by atoms with E-state index in [0.29, 0.717) is 12.3 Å². The molecule has 5 heteroatoms. The van der Waals surface area contributed by atoms with E-state index in [1.807, 2.05) is 73.1 Å². The molecule has 0 fully saturated rings. The van der Waals surface area contributed by atoms with E-state index in [1.54, 1.807) is 13.1 Å². The van der Waals surface area contributed by atoms with Crippen molar-refractivity contribution in [1.29, 1.82) is 0 Å². The quantitative estimate of drug-likeness (QED) is 0.740. The number of hydrogen-bond donors (Lipinski definition) is 1. The fourth-order valence-corrected chi connectivity index (χ4v) is 2.80. The maximum Gasteiger partial charge on any atom is 0.261 e. The van der Waals surface area contributed by atoms with Crippen LogP contribution in [0, 0.1) is 13.8 Å². The van der Waals surface area contributed by atoms with Crippen LogP contribution in [-0.2, 0) is 11.3 Å². The average Bonchev–Trinajstić information content (AvgIpc) is 3.05. The van der Waals surface area contributed by atoms with Crippen molar-refractivity contribution in [2.45, 2.75) is 33.4 Å². The summed E-state index contributed by atoms with van der Waals surface area (Å²) in [5.74, 6) is 1.45. The number of nitrogens with zero attached hydrogens (tertiary/aromatic N) is 2. The van der Waals surface area contributed by atoms with Gasteiger partial charge < -0.3 is 14.6 Å². The van der Waals surface area contributed by atoms with Crippen LogP contribution in [0.1, 0.15) is 23.9 Å². The fraction of sp³-hybridized carbons (Fsp3) is 0.238. The molecule has 0 saturated carbocycles. The molecule has 1 heterocycles. The third-order valence-electron chi connectivity index (χ3n) is 4.20. The van der Waals surface area contributed by atoms with Gasteiger partial charge in [-0.15, -0.1) is 0 Å². The van der Waals surface area contributed by atoms with Crippen molar-refractivity contribution in [2.75, 3.05) is 0 Å². The highest BCUT2D eigenvalue weighted by Crippen LogP contribution is 2.17. The highest BCUT2D eigenvalue weighted by Gasteiger charge is 2.15. The molecule has 26 heavy (non-hydrogen) atoms. The molecule has 0 bridgehead atoms. The second-order valence-corrected chi connectivity index (χ2v) is 6.27. The number of ether oxygens (including phenoxy) is 1. The first-order valence-corrected chi connectivity index (χ1v) is 8.64. The molecule has 3 aromatic rings. The van der Waals surface area contributed by atoms with Gasteiger partial charge in [-0.2, -0.15) is 0 Å². The van der Waals surface area contributed by atoms with Crippen LogP contribution in [0.2, 0.25) is 0 Å². The van der Waals surface area contributed by atoms with Gasteiger partial charge in [-0.3, -0.25) is 4.79 Å². The van der Waals surface area contributed by atoms with Gasteiger partial charge in [-0.25, -0.2) is 4.98 Å². The van der Waals surface area contributed by atoms with Gasteiger partial charge >= 0.3 is 0 Å². The van der Waals surface area contributed by atoms with E-state index in [4.69, 9.17) is 4.74 Å². The minimum Gasteiger partial charge on any atom is -0.481 e. The lowest BCUT2D eigenvalue weighted by Gasteiger charge is -2.16. The van der Waals surface area contributed by atoms with Gasteiger partial charge in [0.05, 0.1) is 5.69 Å². The molecule has 3 rings (SSSR count). The Morgan fingerprint density at radius 1 is 1.19 bits per heavy atom. The number of aromatic nitrogens is 2. The minimum absolute atomic E-state index is 0.149. The molecule has 0 radical (unpaired) electrons. The van der Waals surface area contributed by atoms with Crippen LogP contribution in [0.15, 0.2) is 60.9 Å². The first-order valence-electron chi connectivity index (χ1n) is 8.64. The molecule has 0 spiro atoms. The van der Waals surface area contributed by atoms with Crippen molar-refractivity contribution < 1.29 is 9.53 Å². The predicted molar refractivity (Wildman–Crippen MR) is 101 cm³/mol. The molecule has 0 saturated heterocycles. The van der Waals surface area contributed by atoms with E-state index in [1.165, 1.54) is 0 Å².